The number of rotatable bonds is 4. The standard InChI is InChI=1S/C22H20O3/c1-3-5-17-24-21(23)22(25-18-6-4-2,19-13-9-7-10-14-19)20-15-11-8-12-16-20/h7-16H,3-4H2,1-2H3. The van der Waals surface area contributed by atoms with Crippen LogP contribution in [0.2, 0.25) is 0 Å². The van der Waals surface area contributed by atoms with E-state index in [1.165, 1.54) is 0 Å². The van der Waals surface area contributed by atoms with Crippen LogP contribution in [0.4, 0.5) is 0 Å². The lowest BCUT2D eigenvalue weighted by Gasteiger charge is -2.29. The van der Waals surface area contributed by atoms with Gasteiger partial charge < -0.3 is 9.47 Å². The van der Waals surface area contributed by atoms with E-state index in [4.69, 9.17) is 9.47 Å². The molecular weight excluding hydrogens is 312 g/mol. The summed E-state index contributed by atoms with van der Waals surface area (Å²) in [4.78, 5) is 13.0. The quantitative estimate of drug-likeness (QED) is 0.621. The third kappa shape index (κ3) is 4.22. The summed E-state index contributed by atoms with van der Waals surface area (Å²) in [6.45, 7) is 3.79. The zero-order valence-electron chi connectivity index (χ0n) is 14.4. The molecule has 0 fully saturated rings. The summed E-state index contributed by atoms with van der Waals surface area (Å²) in [5, 5.41) is 0. The molecule has 0 atom stereocenters. The molecule has 3 nitrogen and oxygen atoms in total. The summed E-state index contributed by atoms with van der Waals surface area (Å²) >= 11 is 0. The molecule has 2 aromatic rings. The monoisotopic (exact) mass is 332 g/mol. The van der Waals surface area contributed by atoms with Gasteiger partial charge in [-0.3, -0.25) is 0 Å². The van der Waals surface area contributed by atoms with Crippen molar-refractivity contribution >= 4 is 5.97 Å². The molecule has 0 aliphatic carbocycles. The fourth-order valence-electron chi connectivity index (χ4n) is 2.32. The van der Waals surface area contributed by atoms with E-state index in [1.807, 2.05) is 74.5 Å². The number of ether oxygens (including phenoxy) is 2. The highest BCUT2D eigenvalue weighted by molar-refractivity contribution is 5.86. The number of carbonyl (C=O) groups is 1. The van der Waals surface area contributed by atoms with E-state index < -0.39 is 11.6 Å². The zero-order valence-corrected chi connectivity index (χ0v) is 14.4. The van der Waals surface area contributed by atoms with Crippen LogP contribution in [0, 0.1) is 24.1 Å². The van der Waals surface area contributed by atoms with Crippen molar-refractivity contribution in [2.24, 2.45) is 0 Å². The predicted octanol–water partition coefficient (Wildman–Crippen LogP) is 4.23. The van der Waals surface area contributed by atoms with Crippen molar-refractivity contribution in [2.45, 2.75) is 32.3 Å². The van der Waals surface area contributed by atoms with Crippen molar-refractivity contribution in [1.29, 1.82) is 0 Å². The Morgan fingerprint density at radius 1 is 0.840 bits per heavy atom. The Morgan fingerprint density at radius 3 is 1.80 bits per heavy atom. The van der Waals surface area contributed by atoms with E-state index in [9.17, 15) is 4.79 Å². The maximum Gasteiger partial charge on any atom is 0.375 e. The van der Waals surface area contributed by atoms with Gasteiger partial charge in [-0.05, 0) is 0 Å². The Labute approximate surface area is 149 Å². The van der Waals surface area contributed by atoms with Crippen molar-refractivity contribution in [3.05, 3.63) is 71.8 Å². The Bertz CT molecular complexity index is 763. The molecule has 3 heteroatoms. The van der Waals surface area contributed by atoms with Gasteiger partial charge in [0.25, 0.3) is 5.60 Å². The third-order valence-electron chi connectivity index (χ3n) is 3.49. The molecule has 0 amide bonds. The molecule has 0 aromatic heterocycles. The number of hydrogen-bond donors (Lipinski definition) is 0. The molecule has 0 heterocycles. The van der Waals surface area contributed by atoms with Crippen LogP contribution in [0.25, 0.3) is 0 Å². The second-order valence-corrected chi connectivity index (χ2v) is 5.17. The average Bonchev–Trinajstić information content (AvgIpc) is 2.67. The van der Waals surface area contributed by atoms with E-state index >= 15 is 0 Å². The second-order valence-electron chi connectivity index (χ2n) is 5.17. The summed E-state index contributed by atoms with van der Waals surface area (Å²) < 4.78 is 11.0. The van der Waals surface area contributed by atoms with Crippen molar-refractivity contribution < 1.29 is 14.3 Å². The number of carbonyl (C=O) groups excluding carboxylic acids is 1. The van der Waals surface area contributed by atoms with Gasteiger partial charge in [0.1, 0.15) is 12.2 Å². The van der Waals surface area contributed by atoms with E-state index in [0.717, 1.165) is 0 Å². The highest BCUT2D eigenvalue weighted by Crippen LogP contribution is 2.35. The molecule has 2 aromatic carbocycles. The van der Waals surface area contributed by atoms with Crippen LogP contribution in [0.5, 0.6) is 0 Å². The largest absolute Gasteiger partial charge is 0.418 e. The van der Waals surface area contributed by atoms with Crippen LogP contribution in [0.15, 0.2) is 60.7 Å². The molecular formula is C22H20O3. The molecule has 0 unspecified atom stereocenters. The molecule has 0 spiro atoms. The van der Waals surface area contributed by atoms with E-state index in [0.29, 0.717) is 24.0 Å². The molecule has 0 saturated heterocycles. The molecule has 25 heavy (non-hydrogen) atoms. The first kappa shape index (κ1) is 18.2. The summed E-state index contributed by atoms with van der Waals surface area (Å²) in [6, 6.07) is 18.4. The van der Waals surface area contributed by atoms with Crippen LogP contribution in [-0.2, 0) is 19.9 Å². The maximum absolute atomic E-state index is 13.0. The van der Waals surface area contributed by atoms with Crippen LogP contribution in [-0.4, -0.2) is 5.97 Å². The maximum atomic E-state index is 13.0. The third-order valence-corrected chi connectivity index (χ3v) is 3.49. The Kier molecular flexibility index (Phi) is 6.69. The molecule has 2 rings (SSSR count). The van der Waals surface area contributed by atoms with Gasteiger partial charge in [-0.1, -0.05) is 86.4 Å². The van der Waals surface area contributed by atoms with Crippen molar-refractivity contribution in [3.8, 4) is 24.1 Å². The van der Waals surface area contributed by atoms with Gasteiger partial charge in [0.15, 0.2) is 0 Å². The van der Waals surface area contributed by atoms with Gasteiger partial charge >= 0.3 is 5.97 Å². The fraction of sp³-hybridized carbons (Fsp3) is 0.227. The van der Waals surface area contributed by atoms with Gasteiger partial charge in [-0.2, -0.15) is 0 Å². The smallest absolute Gasteiger partial charge is 0.375 e. The van der Waals surface area contributed by atoms with Crippen LogP contribution >= 0.6 is 0 Å². The minimum Gasteiger partial charge on any atom is -0.418 e. The minimum atomic E-state index is -1.49. The summed E-state index contributed by atoms with van der Waals surface area (Å²) in [5.74, 6) is 4.97. The lowest BCUT2D eigenvalue weighted by atomic mass is 9.86. The first-order chi connectivity index (χ1) is 12.3. The Hall–Kier alpha value is -3.17. The molecule has 126 valence electrons. The molecule has 0 aliphatic heterocycles. The van der Waals surface area contributed by atoms with Gasteiger partial charge in [0, 0.05) is 24.0 Å². The predicted molar refractivity (Wildman–Crippen MR) is 97.0 cm³/mol. The highest BCUT2D eigenvalue weighted by Gasteiger charge is 2.46. The summed E-state index contributed by atoms with van der Waals surface area (Å²) in [5.41, 5.74) is -0.225. The van der Waals surface area contributed by atoms with Crippen LogP contribution < -0.4 is 0 Å². The van der Waals surface area contributed by atoms with Gasteiger partial charge in [0.05, 0.1) is 0 Å². The molecule has 0 aliphatic rings. The minimum absolute atomic E-state index is 0.591. The average molecular weight is 332 g/mol. The van der Waals surface area contributed by atoms with Crippen molar-refractivity contribution in [3.63, 3.8) is 0 Å². The molecule has 0 saturated carbocycles. The molecule has 0 radical (unpaired) electrons. The topological polar surface area (TPSA) is 35.5 Å². The van der Waals surface area contributed by atoms with E-state index in [2.05, 4.69) is 24.1 Å². The fourth-order valence-corrected chi connectivity index (χ4v) is 2.32. The van der Waals surface area contributed by atoms with E-state index in [-0.39, 0.29) is 0 Å². The first-order valence-electron chi connectivity index (χ1n) is 8.21. The van der Waals surface area contributed by atoms with Gasteiger partial charge in [-0.25, -0.2) is 4.79 Å². The Balaban J connectivity index is 2.62. The normalized spacial score (nSPS) is 9.84. The van der Waals surface area contributed by atoms with Crippen molar-refractivity contribution in [1.82, 2.24) is 0 Å². The van der Waals surface area contributed by atoms with Gasteiger partial charge in [-0.15, -0.1) is 0 Å². The lowest BCUT2D eigenvalue weighted by molar-refractivity contribution is -0.154. The zero-order chi connectivity index (χ0) is 18.0. The first-order valence-corrected chi connectivity index (χ1v) is 8.21. The molecule has 0 bridgehead atoms. The lowest BCUT2D eigenvalue weighted by Crippen LogP contribution is -2.40. The summed E-state index contributed by atoms with van der Waals surface area (Å²) in [7, 11) is 0. The molecule has 0 N–H and O–H groups in total. The number of hydrogen-bond acceptors (Lipinski definition) is 3. The van der Waals surface area contributed by atoms with Crippen LogP contribution in [0.3, 0.4) is 0 Å². The van der Waals surface area contributed by atoms with Crippen molar-refractivity contribution in [2.75, 3.05) is 0 Å². The van der Waals surface area contributed by atoms with Crippen LogP contribution in [0.1, 0.15) is 37.8 Å². The van der Waals surface area contributed by atoms with Gasteiger partial charge in [0.2, 0.25) is 0 Å². The number of esters is 1. The Morgan fingerprint density at radius 2 is 1.32 bits per heavy atom. The van der Waals surface area contributed by atoms with E-state index in [1.54, 1.807) is 0 Å². The second kappa shape index (κ2) is 9.21. The summed E-state index contributed by atoms with van der Waals surface area (Å²) in [6.07, 6.45) is 6.29. The SMILES string of the molecule is CCC#COC(=O)C(OC#CCC)(c1ccccc1)c1ccccc1. The number of benzene rings is 2. The highest BCUT2D eigenvalue weighted by atomic mass is 16.6.